The predicted molar refractivity (Wildman–Crippen MR) is 102 cm³/mol. The first-order valence-corrected chi connectivity index (χ1v) is 10.1. The third kappa shape index (κ3) is 3.50. The lowest BCUT2D eigenvalue weighted by molar-refractivity contribution is 0.0245. The van der Waals surface area contributed by atoms with Crippen molar-refractivity contribution in [3.05, 3.63) is 35.4 Å². The molecule has 0 saturated carbocycles. The molecule has 4 unspecified atom stereocenters. The van der Waals surface area contributed by atoms with E-state index in [1.807, 2.05) is 6.07 Å². The van der Waals surface area contributed by atoms with Crippen molar-refractivity contribution >= 4 is 0 Å². The van der Waals surface area contributed by atoms with Crippen LogP contribution in [0.25, 0.3) is 0 Å². The molecule has 0 bridgehead atoms. The molecule has 4 atom stereocenters. The van der Waals surface area contributed by atoms with Crippen LogP contribution in [0.1, 0.15) is 43.9 Å². The molecule has 0 amide bonds. The fourth-order valence-corrected chi connectivity index (χ4v) is 5.15. The minimum atomic E-state index is -0.311. The molecule has 138 valence electrons. The first kappa shape index (κ1) is 17.5. The van der Waals surface area contributed by atoms with Crippen LogP contribution in [0.15, 0.2) is 24.3 Å². The highest BCUT2D eigenvalue weighted by Crippen LogP contribution is 2.34. The summed E-state index contributed by atoms with van der Waals surface area (Å²) < 4.78 is 0. The second kappa shape index (κ2) is 7.36. The Morgan fingerprint density at radius 3 is 2.32 bits per heavy atom. The molecule has 25 heavy (non-hydrogen) atoms. The van der Waals surface area contributed by atoms with Gasteiger partial charge in [0.25, 0.3) is 0 Å². The Labute approximate surface area is 152 Å². The lowest BCUT2D eigenvalue weighted by atomic mass is 10.1. The van der Waals surface area contributed by atoms with E-state index in [4.69, 9.17) is 0 Å². The summed E-state index contributed by atoms with van der Waals surface area (Å²) in [4.78, 5) is 7.81. The summed E-state index contributed by atoms with van der Waals surface area (Å²) in [6, 6.07) is 10.2. The van der Waals surface area contributed by atoms with Crippen LogP contribution in [-0.2, 0) is 6.42 Å². The topological polar surface area (TPSA) is 30.0 Å². The Bertz CT molecular complexity index is 574. The first-order chi connectivity index (χ1) is 12.1. The van der Waals surface area contributed by atoms with Gasteiger partial charge in [-0.25, -0.2) is 0 Å². The lowest BCUT2D eigenvalue weighted by Gasteiger charge is -2.40. The summed E-state index contributed by atoms with van der Waals surface area (Å²) >= 11 is 0. The molecule has 0 spiro atoms. The summed E-state index contributed by atoms with van der Waals surface area (Å²) in [5.41, 5.74) is 2.48. The highest BCUT2D eigenvalue weighted by atomic mass is 16.3. The van der Waals surface area contributed by atoms with E-state index in [0.717, 1.165) is 50.2 Å². The maximum absolute atomic E-state index is 10.7. The molecule has 4 rings (SSSR count). The van der Waals surface area contributed by atoms with Gasteiger partial charge in [0.1, 0.15) is 0 Å². The molecule has 2 saturated heterocycles. The fraction of sp³-hybridized carbons (Fsp3) is 0.714. The van der Waals surface area contributed by atoms with E-state index in [0.29, 0.717) is 0 Å². The molecule has 2 aliphatic heterocycles. The van der Waals surface area contributed by atoms with Gasteiger partial charge >= 0.3 is 0 Å². The average molecular weight is 344 g/mol. The smallest absolute Gasteiger partial charge is 0.0951 e. The molecule has 0 radical (unpaired) electrons. The van der Waals surface area contributed by atoms with Crippen LogP contribution < -0.4 is 0 Å². The van der Waals surface area contributed by atoms with Crippen LogP contribution >= 0.6 is 0 Å². The van der Waals surface area contributed by atoms with Crippen LogP contribution in [0.3, 0.4) is 0 Å². The third-order valence-electron chi connectivity index (χ3n) is 6.85. The predicted octanol–water partition coefficient (Wildman–Crippen LogP) is 2.14. The normalized spacial score (nSPS) is 34.5. The second-order valence-corrected chi connectivity index (χ2v) is 8.31. The van der Waals surface area contributed by atoms with Gasteiger partial charge in [-0.15, -0.1) is 0 Å². The zero-order valence-electron chi connectivity index (χ0n) is 15.8. The van der Waals surface area contributed by atoms with Crippen LogP contribution in [0, 0.1) is 0 Å². The maximum atomic E-state index is 10.7. The summed E-state index contributed by atoms with van der Waals surface area (Å²) in [6.07, 6.45) is 3.40. The molecule has 2 heterocycles. The summed E-state index contributed by atoms with van der Waals surface area (Å²) in [6.45, 7) is 11.6. The van der Waals surface area contributed by atoms with Gasteiger partial charge in [0.15, 0.2) is 0 Å². The Kier molecular flexibility index (Phi) is 5.14. The van der Waals surface area contributed by atoms with E-state index in [1.54, 1.807) is 0 Å². The number of hydrogen-bond donors (Lipinski definition) is 1. The van der Waals surface area contributed by atoms with E-state index in [9.17, 15) is 5.11 Å². The van der Waals surface area contributed by atoms with Crippen LogP contribution in [-0.4, -0.2) is 77.2 Å². The highest BCUT2D eigenvalue weighted by molar-refractivity contribution is 5.35. The van der Waals surface area contributed by atoms with Crippen molar-refractivity contribution in [1.29, 1.82) is 0 Å². The minimum Gasteiger partial charge on any atom is -0.387 e. The van der Waals surface area contributed by atoms with E-state index in [-0.39, 0.29) is 12.1 Å². The number of piperazine rings is 1. The standard InChI is InChI=1S/C21H33N3O/c1-16-7-8-17(2)24(16)14-11-22-9-12-23(13-10-22)20-15-18-5-3-4-6-19(18)21(20)25/h3-6,16-17,20-21,25H,7-15H2,1-2H3. The van der Waals surface area contributed by atoms with E-state index < -0.39 is 0 Å². The number of aliphatic hydroxyl groups excluding tert-OH is 1. The zero-order chi connectivity index (χ0) is 17.4. The molecular weight excluding hydrogens is 310 g/mol. The number of rotatable bonds is 4. The van der Waals surface area contributed by atoms with Crippen molar-refractivity contribution in [1.82, 2.24) is 14.7 Å². The van der Waals surface area contributed by atoms with Crippen molar-refractivity contribution in [2.75, 3.05) is 39.3 Å². The molecule has 4 heteroatoms. The van der Waals surface area contributed by atoms with E-state index >= 15 is 0 Å². The van der Waals surface area contributed by atoms with E-state index in [2.05, 4.69) is 46.7 Å². The highest BCUT2D eigenvalue weighted by Gasteiger charge is 2.36. The van der Waals surface area contributed by atoms with Crippen molar-refractivity contribution in [2.45, 2.75) is 57.3 Å². The van der Waals surface area contributed by atoms with Gasteiger partial charge in [-0.3, -0.25) is 14.7 Å². The molecule has 3 aliphatic rings. The second-order valence-electron chi connectivity index (χ2n) is 8.31. The summed E-state index contributed by atoms with van der Waals surface area (Å²) in [7, 11) is 0. The van der Waals surface area contributed by atoms with Gasteiger partial charge in [-0.1, -0.05) is 24.3 Å². The molecule has 1 aliphatic carbocycles. The third-order valence-corrected chi connectivity index (χ3v) is 6.85. The summed E-state index contributed by atoms with van der Waals surface area (Å²) in [5, 5.41) is 10.7. The van der Waals surface area contributed by atoms with Crippen LogP contribution in [0.4, 0.5) is 0 Å². The Morgan fingerprint density at radius 1 is 0.960 bits per heavy atom. The van der Waals surface area contributed by atoms with Gasteiger partial charge in [0.2, 0.25) is 0 Å². The number of hydrogen-bond acceptors (Lipinski definition) is 4. The van der Waals surface area contributed by atoms with Gasteiger partial charge in [-0.05, 0) is 44.2 Å². The Balaban J connectivity index is 1.26. The lowest BCUT2D eigenvalue weighted by Crippen LogP contribution is -2.53. The largest absolute Gasteiger partial charge is 0.387 e. The van der Waals surface area contributed by atoms with Gasteiger partial charge < -0.3 is 5.11 Å². The fourth-order valence-electron chi connectivity index (χ4n) is 5.15. The van der Waals surface area contributed by atoms with Crippen molar-refractivity contribution in [3.8, 4) is 0 Å². The number of aliphatic hydroxyl groups is 1. The van der Waals surface area contributed by atoms with Crippen molar-refractivity contribution < 1.29 is 5.11 Å². The molecule has 0 aromatic heterocycles. The number of likely N-dealkylation sites (tertiary alicyclic amines) is 1. The average Bonchev–Trinajstić information content (AvgIpc) is 3.14. The number of fused-ring (bicyclic) bond motifs is 1. The number of benzene rings is 1. The summed E-state index contributed by atoms with van der Waals surface area (Å²) in [5.74, 6) is 0. The number of nitrogens with zero attached hydrogens (tertiary/aromatic N) is 3. The molecular formula is C21H33N3O. The van der Waals surface area contributed by atoms with Gasteiger partial charge in [0, 0.05) is 57.4 Å². The minimum absolute atomic E-state index is 0.276. The maximum Gasteiger partial charge on any atom is 0.0951 e. The van der Waals surface area contributed by atoms with Crippen LogP contribution in [0.2, 0.25) is 0 Å². The Morgan fingerprint density at radius 2 is 1.64 bits per heavy atom. The molecule has 1 aromatic rings. The zero-order valence-corrected chi connectivity index (χ0v) is 15.8. The first-order valence-electron chi connectivity index (χ1n) is 10.1. The van der Waals surface area contributed by atoms with E-state index in [1.165, 1.54) is 31.5 Å². The molecule has 4 nitrogen and oxygen atoms in total. The molecule has 2 fully saturated rings. The quantitative estimate of drug-likeness (QED) is 0.907. The van der Waals surface area contributed by atoms with Gasteiger partial charge in [-0.2, -0.15) is 0 Å². The molecule has 1 N–H and O–H groups in total. The molecule has 1 aromatic carbocycles. The monoisotopic (exact) mass is 343 g/mol. The van der Waals surface area contributed by atoms with Crippen molar-refractivity contribution in [3.63, 3.8) is 0 Å². The van der Waals surface area contributed by atoms with Crippen LogP contribution in [0.5, 0.6) is 0 Å². The van der Waals surface area contributed by atoms with Crippen molar-refractivity contribution in [2.24, 2.45) is 0 Å². The SMILES string of the molecule is CC1CCC(C)N1CCN1CCN(C2Cc3ccccc3C2O)CC1. The van der Waals surface area contributed by atoms with Gasteiger partial charge in [0.05, 0.1) is 6.10 Å². The Hall–Kier alpha value is -0.940.